The van der Waals surface area contributed by atoms with Gasteiger partial charge in [-0.25, -0.2) is 0 Å². The van der Waals surface area contributed by atoms with Gasteiger partial charge in [-0.1, -0.05) is 33.1 Å². The molecule has 0 atom stereocenters. The molecule has 0 aliphatic heterocycles. The van der Waals surface area contributed by atoms with E-state index in [4.69, 9.17) is 10.5 Å². The summed E-state index contributed by atoms with van der Waals surface area (Å²) in [7, 11) is 0. The third-order valence-electron chi connectivity index (χ3n) is 0.707. The standard InChI is InChI=1S/C5H12.H2O2.Ti/c1-3-5-4-2;1-2;/h3-5H2,1-2H3;1-2H;. The van der Waals surface area contributed by atoms with Crippen LogP contribution >= 0.6 is 0 Å². The van der Waals surface area contributed by atoms with Crippen LogP contribution in [0.1, 0.15) is 33.1 Å². The van der Waals surface area contributed by atoms with Crippen molar-refractivity contribution in [1.82, 2.24) is 0 Å². The van der Waals surface area contributed by atoms with Gasteiger partial charge in [0.2, 0.25) is 0 Å². The van der Waals surface area contributed by atoms with Crippen LogP contribution in [0.2, 0.25) is 0 Å². The Bertz CT molecular complexity index is 17.9. The van der Waals surface area contributed by atoms with Crippen LogP contribution in [0.4, 0.5) is 0 Å². The first-order valence-corrected chi connectivity index (χ1v) is 2.61. The fourth-order valence-corrected chi connectivity index (χ4v) is 0.354. The molecule has 0 amide bonds. The van der Waals surface area contributed by atoms with Crippen LogP contribution < -0.4 is 0 Å². The molecule has 0 aliphatic carbocycles. The third-order valence-corrected chi connectivity index (χ3v) is 0.707. The largest absolute Gasteiger partial charge is 0.255 e. The van der Waals surface area contributed by atoms with E-state index >= 15 is 0 Å². The molecular weight excluding hydrogens is 140 g/mol. The number of hydrogen-bond acceptors (Lipinski definition) is 2. The predicted octanol–water partition coefficient (Wildman–Crippen LogP) is 2.21. The monoisotopic (exact) mass is 154 g/mol. The molecule has 2 nitrogen and oxygen atoms in total. The molecule has 0 aromatic heterocycles. The third kappa shape index (κ3) is 30.3. The zero-order valence-electron chi connectivity index (χ0n) is 5.52. The van der Waals surface area contributed by atoms with Gasteiger partial charge in [0.05, 0.1) is 0 Å². The Morgan fingerprint density at radius 3 is 1.25 bits per heavy atom. The van der Waals surface area contributed by atoms with Crippen molar-refractivity contribution in [2.45, 2.75) is 33.1 Å². The van der Waals surface area contributed by atoms with E-state index in [1.54, 1.807) is 0 Å². The summed E-state index contributed by atoms with van der Waals surface area (Å²) < 4.78 is 0. The molecule has 0 spiro atoms. The number of hydrogen-bond donors (Lipinski definition) is 2. The van der Waals surface area contributed by atoms with Gasteiger partial charge in [-0.05, 0) is 0 Å². The maximum atomic E-state index is 6.00. The summed E-state index contributed by atoms with van der Waals surface area (Å²) in [4.78, 5) is 0. The van der Waals surface area contributed by atoms with Crippen molar-refractivity contribution >= 4 is 0 Å². The molecule has 0 heterocycles. The van der Waals surface area contributed by atoms with Gasteiger partial charge >= 0.3 is 0 Å². The normalized spacial score (nSPS) is 6.00. The van der Waals surface area contributed by atoms with E-state index in [2.05, 4.69) is 13.8 Å². The van der Waals surface area contributed by atoms with Crippen molar-refractivity contribution in [3.8, 4) is 0 Å². The maximum Gasteiger partial charge on any atom is 0 e. The summed E-state index contributed by atoms with van der Waals surface area (Å²) in [6.07, 6.45) is 4.08. The van der Waals surface area contributed by atoms with E-state index in [0.717, 1.165) is 0 Å². The summed E-state index contributed by atoms with van der Waals surface area (Å²) in [6, 6.07) is 0. The first kappa shape index (κ1) is 15.9. The molecule has 0 rings (SSSR count). The Morgan fingerprint density at radius 1 is 1.00 bits per heavy atom. The quantitative estimate of drug-likeness (QED) is 0.363. The molecular formula is C5H14O2Ti. The van der Waals surface area contributed by atoms with Gasteiger partial charge in [0.1, 0.15) is 0 Å². The molecule has 50 valence electrons. The van der Waals surface area contributed by atoms with Crippen LogP contribution in [0.25, 0.3) is 0 Å². The van der Waals surface area contributed by atoms with Crippen molar-refractivity contribution < 1.29 is 32.2 Å². The number of unbranched alkanes of at least 4 members (excludes halogenated alkanes) is 2. The first-order valence-electron chi connectivity index (χ1n) is 2.61. The van der Waals surface area contributed by atoms with E-state index in [-0.39, 0.29) is 21.7 Å². The van der Waals surface area contributed by atoms with Crippen LogP contribution in [-0.2, 0) is 21.7 Å². The summed E-state index contributed by atoms with van der Waals surface area (Å²) in [5, 5.41) is 12.0. The Balaban J connectivity index is -0.0000000750. The van der Waals surface area contributed by atoms with E-state index in [9.17, 15) is 0 Å². The minimum Gasteiger partial charge on any atom is -0.255 e. The molecule has 0 aromatic rings. The second-order valence-electron chi connectivity index (χ2n) is 1.35. The summed E-state index contributed by atoms with van der Waals surface area (Å²) in [6.45, 7) is 4.42. The van der Waals surface area contributed by atoms with Crippen molar-refractivity contribution in [2.75, 3.05) is 0 Å². The second-order valence-corrected chi connectivity index (χ2v) is 1.35. The van der Waals surface area contributed by atoms with Gasteiger partial charge in [0, 0.05) is 21.7 Å². The van der Waals surface area contributed by atoms with E-state index in [1.807, 2.05) is 0 Å². The van der Waals surface area contributed by atoms with Crippen molar-refractivity contribution in [3.05, 3.63) is 0 Å². The predicted molar refractivity (Wildman–Crippen MR) is 30.5 cm³/mol. The van der Waals surface area contributed by atoms with Crippen LogP contribution in [0.5, 0.6) is 0 Å². The minimum atomic E-state index is 0. The Labute approximate surface area is 65.7 Å². The Morgan fingerprint density at radius 2 is 1.25 bits per heavy atom. The number of rotatable bonds is 2. The molecule has 0 aliphatic rings. The van der Waals surface area contributed by atoms with Gasteiger partial charge in [-0.3, -0.25) is 10.5 Å². The Kier molecular flexibility index (Phi) is 50.4. The molecule has 0 aromatic carbocycles. The van der Waals surface area contributed by atoms with Gasteiger partial charge in [-0.15, -0.1) is 0 Å². The Hall–Kier alpha value is 0.634. The molecule has 3 heteroatoms. The molecule has 0 radical (unpaired) electrons. The van der Waals surface area contributed by atoms with Gasteiger partial charge in [-0.2, -0.15) is 0 Å². The fourth-order valence-electron chi connectivity index (χ4n) is 0.354. The van der Waals surface area contributed by atoms with Crippen LogP contribution in [0.15, 0.2) is 0 Å². The van der Waals surface area contributed by atoms with Crippen LogP contribution in [0.3, 0.4) is 0 Å². The minimum absolute atomic E-state index is 0. The first-order chi connectivity index (χ1) is 3.41. The van der Waals surface area contributed by atoms with Gasteiger partial charge in [0.25, 0.3) is 0 Å². The van der Waals surface area contributed by atoms with Crippen molar-refractivity contribution in [3.63, 3.8) is 0 Å². The molecule has 0 saturated carbocycles. The fraction of sp³-hybridized carbons (Fsp3) is 1.00. The molecule has 0 bridgehead atoms. The SMILES string of the molecule is CCCCC.OO.[Ti]. The molecule has 0 fully saturated rings. The molecule has 0 unspecified atom stereocenters. The van der Waals surface area contributed by atoms with Crippen LogP contribution in [-0.4, -0.2) is 10.5 Å². The van der Waals surface area contributed by atoms with Gasteiger partial charge in [0.15, 0.2) is 0 Å². The van der Waals surface area contributed by atoms with Crippen molar-refractivity contribution in [1.29, 1.82) is 0 Å². The molecule has 2 N–H and O–H groups in total. The average molecular weight is 154 g/mol. The van der Waals surface area contributed by atoms with Crippen LogP contribution in [0, 0.1) is 0 Å². The molecule has 0 saturated heterocycles. The summed E-state index contributed by atoms with van der Waals surface area (Å²) >= 11 is 0. The van der Waals surface area contributed by atoms with E-state index in [1.165, 1.54) is 19.3 Å². The zero-order valence-corrected chi connectivity index (χ0v) is 7.08. The van der Waals surface area contributed by atoms with E-state index < -0.39 is 0 Å². The zero-order chi connectivity index (χ0) is 6.12. The van der Waals surface area contributed by atoms with Gasteiger partial charge < -0.3 is 0 Å². The topological polar surface area (TPSA) is 40.5 Å². The second kappa shape index (κ2) is 25.4. The van der Waals surface area contributed by atoms with Crippen molar-refractivity contribution in [2.24, 2.45) is 0 Å². The maximum absolute atomic E-state index is 6.00. The average Bonchev–Trinajstić information content (AvgIpc) is 1.75. The summed E-state index contributed by atoms with van der Waals surface area (Å²) in [5.41, 5.74) is 0. The molecule has 8 heavy (non-hydrogen) atoms. The van der Waals surface area contributed by atoms with E-state index in [0.29, 0.717) is 0 Å². The smallest absolute Gasteiger partial charge is 0 e. The summed E-state index contributed by atoms with van der Waals surface area (Å²) in [5.74, 6) is 0.